The van der Waals surface area contributed by atoms with Crippen LogP contribution in [0.2, 0.25) is 0 Å². The van der Waals surface area contributed by atoms with E-state index in [1.807, 2.05) is 0 Å². The maximum absolute atomic E-state index is 13.5. The van der Waals surface area contributed by atoms with Crippen molar-refractivity contribution in [1.29, 1.82) is 0 Å². The van der Waals surface area contributed by atoms with Crippen molar-refractivity contribution in [3.8, 4) is 5.75 Å². The first kappa shape index (κ1) is 25.4. The number of anilines is 2. The number of aromatic nitrogens is 1. The molecule has 0 radical (unpaired) electrons. The number of nitrogens with one attached hydrogen (secondary N) is 1. The maximum atomic E-state index is 13.5. The van der Waals surface area contributed by atoms with E-state index in [1.54, 1.807) is 73.9 Å². The summed E-state index contributed by atoms with van der Waals surface area (Å²) in [7, 11) is 1.49. The number of carbonyl (C=O) groups is 4. The Kier molecular flexibility index (Phi) is 7.77. The van der Waals surface area contributed by atoms with Crippen LogP contribution in [0.5, 0.6) is 5.75 Å². The Hall–Kier alpha value is -4.73. The standard InChI is InChI=1S/C27H26N4O6/c1-3-37-26(34)19-8-4-9-20(13-19)29-24(32)15-23-25(33)31(21-10-5-11-22(14-21)36-2)27(35)30(23)17-18-7-6-12-28-16-18/h4-14,16,23H,3,15,17H2,1-2H3,(H,29,32)/t23-/m0/s1. The van der Waals surface area contributed by atoms with Gasteiger partial charge in [-0.2, -0.15) is 0 Å². The number of hydrogen-bond donors (Lipinski definition) is 1. The van der Waals surface area contributed by atoms with Crippen LogP contribution in [0.1, 0.15) is 29.3 Å². The molecule has 1 aliphatic rings. The average Bonchev–Trinajstić information content (AvgIpc) is 3.13. The molecule has 1 fully saturated rings. The lowest BCUT2D eigenvalue weighted by atomic mass is 10.1. The molecule has 3 aromatic rings. The van der Waals surface area contributed by atoms with Crippen molar-refractivity contribution in [2.24, 2.45) is 0 Å². The summed E-state index contributed by atoms with van der Waals surface area (Å²) in [4.78, 5) is 58.4. The highest BCUT2D eigenvalue weighted by atomic mass is 16.5. The SMILES string of the molecule is CCOC(=O)c1cccc(NC(=O)C[C@H]2C(=O)N(c3cccc(OC)c3)C(=O)N2Cc2cccnc2)c1. The molecular weight excluding hydrogens is 476 g/mol. The quantitative estimate of drug-likeness (QED) is 0.351. The summed E-state index contributed by atoms with van der Waals surface area (Å²) in [5, 5.41) is 2.71. The second-order valence-corrected chi connectivity index (χ2v) is 8.22. The van der Waals surface area contributed by atoms with Gasteiger partial charge >= 0.3 is 12.0 Å². The van der Waals surface area contributed by atoms with Gasteiger partial charge in [0.05, 0.1) is 31.4 Å². The molecule has 0 unspecified atom stereocenters. The van der Waals surface area contributed by atoms with E-state index in [1.165, 1.54) is 18.1 Å². The Bertz CT molecular complexity index is 1310. The maximum Gasteiger partial charge on any atom is 0.338 e. The molecule has 2 aromatic carbocycles. The molecule has 1 aliphatic heterocycles. The van der Waals surface area contributed by atoms with Crippen molar-refractivity contribution in [2.45, 2.75) is 25.9 Å². The zero-order valence-electron chi connectivity index (χ0n) is 20.4. The molecule has 1 saturated heterocycles. The zero-order chi connectivity index (χ0) is 26.4. The molecule has 2 heterocycles. The fourth-order valence-electron chi connectivity index (χ4n) is 4.02. The molecule has 0 saturated carbocycles. The smallest absolute Gasteiger partial charge is 0.338 e. The van der Waals surface area contributed by atoms with Crippen LogP contribution in [0.15, 0.2) is 73.1 Å². The Balaban J connectivity index is 1.57. The number of carbonyl (C=O) groups excluding carboxylic acids is 4. The minimum Gasteiger partial charge on any atom is -0.497 e. The molecule has 1 atom stereocenters. The van der Waals surface area contributed by atoms with Crippen molar-refractivity contribution in [3.63, 3.8) is 0 Å². The normalized spacial score (nSPS) is 15.0. The van der Waals surface area contributed by atoms with E-state index in [0.29, 0.717) is 22.7 Å². The minimum atomic E-state index is -1.05. The van der Waals surface area contributed by atoms with Gasteiger partial charge in [0, 0.05) is 30.7 Å². The number of methoxy groups -OCH3 is 1. The van der Waals surface area contributed by atoms with Gasteiger partial charge < -0.3 is 19.7 Å². The summed E-state index contributed by atoms with van der Waals surface area (Å²) >= 11 is 0. The van der Waals surface area contributed by atoms with Gasteiger partial charge in [0.15, 0.2) is 0 Å². The van der Waals surface area contributed by atoms with Crippen molar-refractivity contribution >= 4 is 35.2 Å². The number of ether oxygens (including phenoxy) is 2. The van der Waals surface area contributed by atoms with Crippen LogP contribution in [-0.4, -0.2) is 53.5 Å². The van der Waals surface area contributed by atoms with E-state index in [4.69, 9.17) is 9.47 Å². The van der Waals surface area contributed by atoms with E-state index in [2.05, 4.69) is 10.3 Å². The lowest BCUT2D eigenvalue weighted by Gasteiger charge is -2.21. The molecule has 0 aliphatic carbocycles. The topological polar surface area (TPSA) is 118 Å². The van der Waals surface area contributed by atoms with E-state index >= 15 is 0 Å². The number of esters is 1. The number of pyridine rings is 1. The monoisotopic (exact) mass is 502 g/mol. The number of nitrogens with zero attached hydrogens (tertiary/aromatic N) is 3. The van der Waals surface area contributed by atoms with Crippen LogP contribution in [0.4, 0.5) is 16.2 Å². The largest absolute Gasteiger partial charge is 0.497 e. The van der Waals surface area contributed by atoms with Crippen molar-refractivity contribution < 1.29 is 28.7 Å². The van der Waals surface area contributed by atoms with Gasteiger partial charge in [-0.05, 0) is 48.9 Å². The first-order chi connectivity index (χ1) is 17.9. The number of imide groups is 1. The molecule has 1 aromatic heterocycles. The summed E-state index contributed by atoms with van der Waals surface area (Å²) in [6.07, 6.45) is 2.93. The van der Waals surface area contributed by atoms with Crippen LogP contribution >= 0.6 is 0 Å². The Morgan fingerprint density at radius 3 is 2.59 bits per heavy atom. The fourth-order valence-corrected chi connectivity index (χ4v) is 4.02. The van der Waals surface area contributed by atoms with E-state index in [9.17, 15) is 19.2 Å². The fraction of sp³-hybridized carbons (Fsp3) is 0.222. The Morgan fingerprint density at radius 2 is 1.86 bits per heavy atom. The second kappa shape index (κ2) is 11.3. The van der Waals surface area contributed by atoms with Gasteiger partial charge in [-0.15, -0.1) is 0 Å². The summed E-state index contributed by atoms with van der Waals surface area (Å²) in [5.41, 5.74) is 1.71. The van der Waals surface area contributed by atoms with Crippen LogP contribution in [-0.2, 0) is 20.9 Å². The third-order valence-corrected chi connectivity index (χ3v) is 5.74. The van der Waals surface area contributed by atoms with Gasteiger partial charge in [0.2, 0.25) is 5.91 Å². The molecule has 4 rings (SSSR count). The molecule has 10 nitrogen and oxygen atoms in total. The summed E-state index contributed by atoms with van der Waals surface area (Å²) in [6.45, 7) is 2.02. The highest BCUT2D eigenvalue weighted by molar-refractivity contribution is 6.22. The predicted molar refractivity (Wildman–Crippen MR) is 135 cm³/mol. The zero-order valence-corrected chi connectivity index (χ0v) is 20.4. The average molecular weight is 503 g/mol. The summed E-state index contributed by atoms with van der Waals surface area (Å²) in [6, 6.07) is 14.8. The summed E-state index contributed by atoms with van der Waals surface area (Å²) < 4.78 is 10.2. The van der Waals surface area contributed by atoms with Crippen molar-refractivity contribution in [1.82, 2.24) is 9.88 Å². The molecule has 4 amide bonds. The predicted octanol–water partition coefficient (Wildman–Crippen LogP) is 3.63. The van der Waals surface area contributed by atoms with Gasteiger partial charge in [-0.3, -0.25) is 14.6 Å². The Labute approximate surface area is 213 Å². The molecule has 37 heavy (non-hydrogen) atoms. The van der Waals surface area contributed by atoms with E-state index in [0.717, 1.165) is 4.90 Å². The summed E-state index contributed by atoms with van der Waals surface area (Å²) in [5.74, 6) is -1.04. The third-order valence-electron chi connectivity index (χ3n) is 5.74. The third kappa shape index (κ3) is 5.75. The molecule has 10 heteroatoms. The van der Waals surface area contributed by atoms with E-state index < -0.39 is 29.9 Å². The molecule has 190 valence electrons. The number of urea groups is 1. The molecule has 0 bridgehead atoms. The van der Waals surface area contributed by atoms with Gasteiger partial charge in [0.25, 0.3) is 5.91 Å². The first-order valence-electron chi connectivity index (χ1n) is 11.7. The van der Waals surface area contributed by atoms with Crippen molar-refractivity contribution in [3.05, 3.63) is 84.2 Å². The van der Waals surface area contributed by atoms with Crippen LogP contribution in [0.3, 0.4) is 0 Å². The second-order valence-electron chi connectivity index (χ2n) is 8.22. The van der Waals surface area contributed by atoms with Gasteiger partial charge in [-0.25, -0.2) is 14.5 Å². The minimum absolute atomic E-state index is 0.0924. The highest BCUT2D eigenvalue weighted by Crippen LogP contribution is 2.30. The van der Waals surface area contributed by atoms with Gasteiger partial charge in [0.1, 0.15) is 11.8 Å². The number of rotatable bonds is 9. The molecular formula is C27H26N4O6. The molecule has 0 spiro atoms. The van der Waals surface area contributed by atoms with Crippen LogP contribution < -0.4 is 15.0 Å². The first-order valence-corrected chi connectivity index (χ1v) is 11.7. The Morgan fingerprint density at radius 1 is 1.05 bits per heavy atom. The number of amides is 4. The van der Waals surface area contributed by atoms with Crippen molar-refractivity contribution in [2.75, 3.05) is 23.9 Å². The lowest BCUT2D eigenvalue weighted by molar-refractivity contribution is -0.124. The van der Waals surface area contributed by atoms with Crippen LogP contribution in [0.25, 0.3) is 0 Å². The number of benzene rings is 2. The molecule has 1 N–H and O–H groups in total. The highest BCUT2D eigenvalue weighted by Gasteiger charge is 2.46. The van der Waals surface area contributed by atoms with Gasteiger partial charge in [-0.1, -0.05) is 18.2 Å². The lowest BCUT2D eigenvalue weighted by Crippen LogP contribution is -2.37. The number of hydrogen-bond acceptors (Lipinski definition) is 7. The van der Waals surface area contributed by atoms with Crippen LogP contribution in [0, 0.1) is 0 Å². The van der Waals surface area contributed by atoms with E-state index in [-0.39, 0.29) is 25.1 Å².